The Balaban J connectivity index is 2.18. The zero-order chi connectivity index (χ0) is 20.7. The second-order valence-electron chi connectivity index (χ2n) is 7.63. The first-order chi connectivity index (χ1) is 13.2. The fourth-order valence-corrected chi connectivity index (χ4v) is 3.42. The van der Waals surface area contributed by atoms with E-state index in [9.17, 15) is 14.0 Å². The number of nitrogens with one attached hydrogen (secondary N) is 1. The summed E-state index contributed by atoms with van der Waals surface area (Å²) in [4.78, 5) is 28.0. The Morgan fingerprint density at radius 2 is 1.68 bits per heavy atom. The summed E-state index contributed by atoms with van der Waals surface area (Å²) in [7, 11) is 0. The molecule has 0 saturated heterocycles. The van der Waals surface area contributed by atoms with Crippen LogP contribution in [0.4, 0.5) is 4.39 Å². The summed E-state index contributed by atoms with van der Waals surface area (Å²) < 4.78 is 14.2. The second-order valence-corrected chi connectivity index (χ2v) is 8.68. The Morgan fingerprint density at radius 3 is 2.29 bits per heavy atom. The molecule has 2 aromatic rings. The largest absolute Gasteiger partial charge is 0.350 e. The van der Waals surface area contributed by atoms with E-state index in [1.165, 1.54) is 22.7 Å². The lowest BCUT2D eigenvalue weighted by Gasteiger charge is -2.31. The zero-order valence-corrected chi connectivity index (χ0v) is 17.6. The highest BCUT2D eigenvalue weighted by Crippen LogP contribution is 2.20. The molecule has 28 heavy (non-hydrogen) atoms. The van der Waals surface area contributed by atoms with Crippen LogP contribution in [0.1, 0.15) is 33.3 Å². The lowest BCUT2D eigenvalue weighted by molar-refractivity contribution is -0.139. The quantitative estimate of drug-likeness (QED) is 0.705. The number of nitrogens with zero attached hydrogens (tertiary/aromatic N) is 1. The van der Waals surface area contributed by atoms with Gasteiger partial charge in [0.05, 0.1) is 5.75 Å². The van der Waals surface area contributed by atoms with Gasteiger partial charge in [-0.3, -0.25) is 9.59 Å². The van der Waals surface area contributed by atoms with Gasteiger partial charge in [-0.25, -0.2) is 4.39 Å². The molecule has 0 aromatic heterocycles. The van der Waals surface area contributed by atoms with E-state index in [0.717, 1.165) is 4.90 Å². The van der Waals surface area contributed by atoms with Crippen molar-refractivity contribution in [3.8, 4) is 0 Å². The number of hydrogen-bond donors (Lipinski definition) is 1. The van der Waals surface area contributed by atoms with E-state index in [0.29, 0.717) is 5.56 Å². The van der Waals surface area contributed by atoms with Crippen LogP contribution in [0.5, 0.6) is 0 Å². The first-order valence-electron chi connectivity index (χ1n) is 9.20. The summed E-state index contributed by atoms with van der Waals surface area (Å²) in [5.41, 5.74) is -0.0346. The van der Waals surface area contributed by atoms with Gasteiger partial charge in [0.1, 0.15) is 11.9 Å². The molecule has 0 aliphatic carbocycles. The molecule has 1 N–H and O–H groups in total. The van der Waals surface area contributed by atoms with E-state index >= 15 is 0 Å². The summed E-state index contributed by atoms with van der Waals surface area (Å²) in [6.07, 6.45) is 0. The molecule has 0 spiro atoms. The van der Waals surface area contributed by atoms with Gasteiger partial charge in [-0.2, -0.15) is 0 Å². The highest BCUT2D eigenvalue weighted by atomic mass is 32.2. The third-order valence-electron chi connectivity index (χ3n) is 4.07. The number of thioether (sulfide) groups is 1. The molecule has 6 heteroatoms. The summed E-state index contributed by atoms with van der Waals surface area (Å²) in [6, 6.07) is 15.2. The molecule has 0 saturated carbocycles. The molecular formula is C22H27FN2O2S. The molecule has 150 valence electrons. The monoisotopic (exact) mass is 402 g/mol. The van der Waals surface area contributed by atoms with Crippen molar-refractivity contribution in [2.75, 3.05) is 5.75 Å². The standard InChI is InChI=1S/C22H27FN2O2S/c1-16(21(27)24-22(2,3)4)25(14-17-10-8-9-13-19(17)23)20(26)15-28-18-11-6-5-7-12-18/h5-13,16H,14-15H2,1-4H3,(H,24,27)/t16-/m0/s1. The Morgan fingerprint density at radius 1 is 1.07 bits per heavy atom. The van der Waals surface area contributed by atoms with E-state index in [1.54, 1.807) is 25.1 Å². The Kier molecular flexibility index (Phi) is 7.63. The van der Waals surface area contributed by atoms with Gasteiger partial charge in [-0.15, -0.1) is 11.8 Å². The minimum Gasteiger partial charge on any atom is -0.350 e. The van der Waals surface area contributed by atoms with Gasteiger partial charge in [0.15, 0.2) is 0 Å². The number of carbonyl (C=O) groups excluding carboxylic acids is 2. The molecular weight excluding hydrogens is 375 g/mol. The van der Waals surface area contributed by atoms with Crippen molar-refractivity contribution in [1.82, 2.24) is 10.2 Å². The smallest absolute Gasteiger partial charge is 0.242 e. The van der Waals surface area contributed by atoms with Gasteiger partial charge >= 0.3 is 0 Å². The maximum atomic E-state index is 14.2. The average molecular weight is 403 g/mol. The predicted molar refractivity (Wildman–Crippen MR) is 111 cm³/mol. The molecule has 1 atom stereocenters. The fraction of sp³-hybridized carbons (Fsp3) is 0.364. The van der Waals surface area contributed by atoms with Crippen LogP contribution in [0.25, 0.3) is 0 Å². The minimum atomic E-state index is -0.720. The van der Waals surface area contributed by atoms with E-state index in [1.807, 2.05) is 51.1 Å². The van der Waals surface area contributed by atoms with Crippen LogP contribution < -0.4 is 5.32 Å². The van der Waals surface area contributed by atoms with Crippen molar-refractivity contribution >= 4 is 23.6 Å². The number of carbonyl (C=O) groups is 2. The van der Waals surface area contributed by atoms with Gasteiger partial charge in [0.2, 0.25) is 11.8 Å². The first-order valence-corrected chi connectivity index (χ1v) is 10.2. The highest BCUT2D eigenvalue weighted by Gasteiger charge is 2.28. The van der Waals surface area contributed by atoms with Gasteiger partial charge < -0.3 is 10.2 Å². The van der Waals surface area contributed by atoms with Crippen LogP contribution in [0, 0.1) is 5.82 Å². The Labute approximate surface area is 170 Å². The summed E-state index contributed by atoms with van der Waals surface area (Å²) in [6.45, 7) is 7.36. The van der Waals surface area contributed by atoms with Crippen LogP contribution in [0.15, 0.2) is 59.5 Å². The lowest BCUT2D eigenvalue weighted by Crippen LogP contribution is -2.52. The average Bonchev–Trinajstić information content (AvgIpc) is 2.64. The molecule has 0 unspecified atom stereocenters. The minimum absolute atomic E-state index is 0.0413. The third-order valence-corrected chi connectivity index (χ3v) is 5.07. The van der Waals surface area contributed by atoms with Crippen molar-refractivity contribution in [1.29, 1.82) is 0 Å². The number of hydrogen-bond acceptors (Lipinski definition) is 3. The number of amides is 2. The zero-order valence-electron chi connectivity index (χ0n) is 16.7. The topological polar surface area (TPSA) is 49.4 Å². The van der Waals surface area contributed by atoms with Crippen molar-refractivity contribution in [3.05, 3.63) is 66.0 Å². The van der Waals surface area contributed by atoms with Crippen molar-refractivity contribution < 1.29 is 14.0 Å². The van der Waals surface area contributed by atoms with E-state index in [4.69, 9.17) is 0 Å². The normalized spacial score (nSPS) is 12.3. The Hall–Kier alpha value is -2.34. The van der Waals surface area contributed by atoms with Crippen molar-refractivity contribution in [2.45, 2.75) is 50.7 Å². The molecule has 2 amide bonds. The lowest BCUT2D eigenvalue weighted by atomic mass is 10.1. The summed E-state index contributed by atoms with van der Waals surface area (Å²) in [5.74, 6) is -0.694. The van der Waals surface area contributed by atoms with Crippen LogP contribution in [0.2, 0.25) is 0 Å². The summed E-state index contributed by atoms with van der Waals surface area (Å²) >= 11 is 1.40. The molecule has 0 aliphatic heterocycles. The number of benzene rings is 2. The molecule has 4 nitrogen and oxygen atoms in total. The van der Waals surface area contributed by atoms with Crippen LogP contribution in [-0.2, 0) is 16.1 Å². The first kappa shape index (κ1) is 22.0. The predicted octanol–water partition coefficient (Wildman–Crippen LogP) is 4.25. The fourth-order valence-electron chi connectivity index (χ4n) is 2.61. The number of rotatable bonds is 7. The van der Waals surface area contributed by atoms with Crippen LogP contribution in [-0.4, -0.2) is 34.0 Å². The number of halogens is 1. The second kappa shape index (κ2) is 9.73. The van der Waals surface area contributed by atoms with Crippen molar-refractivity contribution in [2.24, 2.45) is 0 Å². The Bertz CT molecular complexity index is 806. The molecule has 0 radical (unpaired) electrons. The van der Waals surface area contributed by atoms with E-state index in [-0.39, 0.29) is 29.9 Å². The maximum absolute atomic E-state index is 14.2. The molecule has 0 heterocycles. The molecule has 2 aromatic carbocycles. The highest BCUT2D eigenvalue weighted by molar-refractivity contribution is 8.00. The maximum Gasteiger partial charge on any atom is 0.242 e. The molecule has 2 rings (SSSR count). The van der Waals surface area contributed by atoms with Gasteiger partial charge in [-0.1, -0.05) is 36.4 Å². The SMILES string of the molecule is C[C@@H](C(=O)NC(C)(C)C)N(Cc1ccccc1F)C(=O)CSc1ccccc1. The van der Waals surface area contributed by atoms with Gasteiger partial charge in [-0.05, 0) is 45.9 Å². The van der Waals surface area contributed by atoms with Crippen LogP contribution in [0.3, 0.4) is 0 Å². The van der Waals surface area contributed by atoms with Gasteiger partial charge in [0.25, 0.3) is 0 Å². The molecule has 0 bridgehead atoms. The van der Waals surface area contributed by atoms with Crippen molar-refractivity contribution in [3.63, 3.8) is 0 Å². The van der Waals surface area contributed by atoms with Crippen LogP contribution >= 0.6 is 11.8 Å². The molecule has 0 fully saturated rings. The van der Waals surface area contributed by atoms with Gasteiger partial charge in [0, 0.05) is 22.5 Å². The third kappa shape index (κ3) is 6.68. The molecule has 0 aliphatic rings. The summed E-state index contributed by atoms with van der Waals surface area (Å²) in [5, 5.41) is 2.90. The van der Waals surface area contributed by atoms with E-state index < -0.39 is 11.6 Å². The van der Waals surface area contributed by atoms with E-state index in [2.05, 4.69) is 5.32 Å².